The zero-order valence-corrected chi connectivity index (χ0v) is 13.9. The summed E-state index contributed by atoms with van der Waals surface area (Å²) in [6.07, 6.45) is -3.65. The molecule has 0 aliphatic carbocycles. The summed E-state index contributed by atoms with van der Waals surface area (Å²) in [5, 5.41) is 6.09. The van der Waals surface area contributed by atoms with E-state index < -0.39 is 11.7 Å². The summed E-state index contributed by atoms with van der Waals surface area (Å²) in [7, 11) is 0. The van der Waals surface area contributed by atoms with Crippen LogP contribution in [-0.4, -0.2) is 18.4 Å². The van der Waals surface area contributed by atoms with Gasteiger partial charge in [-0.3, -0.25) is 0 Å². The fourth-order valence-corrected chi connectivity index (χ4v) is 2.78. The van der Waals surface area contributed by atoms with E-state index in [4.69, 9.17) is 4.84 Å². The largest absolute Gasteiger partial charge is 0.416 e. The van der Waals surface area contributed by atoms with E-state index in [0.29, 0.717) is 25.1 Å². The summed E-state index contributed by atoms with van der Waals surface area (Å²) in [5.74, 6) is 0. The summed E-state index contributed by atoms with van der Waals surface area (Å²) in [5.41, 5.74) is 3.19. The maximum absolute atomic E-state index is 12.7. The third kappa shape index (κ3) is 4.60. The van der Waals surface area contributed by atoms with E-state index in [1.165, 1.54) is 17.7 Å². The molecule has 2 N–H and O–H groups in total. The lowest BCUT2D eigenvalue weighted by molar-refractivity contribution is -0.676. The third-order valence-electron chi connectivity index (χ3n) is 4.18. The Balaban J connectivity index is 1.49. The molecule has 0 unspecified atom stereocenters. The maximum Gasteiger partial charge on any atom is 0.416 e. The molecule has 0 saturated heterocycles. The highest BCUT2D eigenvalue weighted by molar-refractivity contribution is 6.01. The number of hydrogen-bond donors (Lipinski definition) is 1. The first-order valence-electron chi connectivity index (χ1n) is 8.19. The summed E-state index contributed by atoms with van der Waals surface area (Å²) >= 11 is 0. The molecular weight excluding hydrogens is 329 g/mol. The van der Waals surface area contributed by atoms with Crippen LogP contribution in [0.1, 0.15) is 28.7 Å². The van der Waals surface area contributed by atoms with E-state index in [1.807, 2.05) is 36.5 Å². The molecule has 0 bridgehead atoms. The summed E-state index contributed by atoms with van der Waals surface area (Å²) in [4.78, 5) is 5.44. The number of alkyl halides is 3. The van der Waals surface area contributed by atoms with Gasteiger partial charge < -0.3 is 10.2 Å². The van der Waals surface area contributed by atoms with Crippen molar-refractivity contribution < 1.29 is 23.3 Å². The number of nitrogens with two attached hydrogens (primary N) is 1. The van der Waals surface area contributed by atoms with Crippen LogP contribution in [0.2, 0.25) is 0 Å². The molecular formula is C19H20F3N2O+. The SMILES string of the molecule is Cc1ccc(C2=NO[C@@H](C[NH2+]Cc3cccc(C(F)(F)F)c3)C2)cc1. The summed E-state index contributed by atoms with van der Waals surface area (Å²) in [6.45, 7) is 3.15. The molecule has 132 valence electrons. The molecule has 0 spiro atoms. The van der Waals surface area contributed by atoms with E-state index in [1.54, 1.807) is 6.07 Å². The molecule has 6 heteroatoms. The Bertz CT molecular complexity index is 754. The fourth-order valence-electron chi connectivity index (χ4n) is 2.78. The maximum atomic E-state index is 12.7. The number of quaternary nitrogens is 1. The van der Waals surface area contributed by atoms with Crippen LogP contribution in [-0.2, 0) is 17.6 Å². The Labute approximate surface area is 144 Å². The predicted molar refractivity (Wildman–Crippen MR) is 89.1 cm³/mol. The highest BCUT2D eigenvalue weighted by Gasteiger charge is 2.30. The topological polar surface area (TPSA) is 38.2 Å². The number of rotatable bonds is 5. The van der Waals surface area contributed by atoms with Gasteiger partial charge in [-0.1, -0.05) is 47.1 Å². The van der Waals surface area contributed by atoms with E-state index in [0.717, 1.165) is 17.3 Å². The fraction of sp³-hybridized carbons (Fsp3) is 0.316. The van der Waals surface area contributed by atoms with Crippen LogP contribution in [0, 0.1) is 6.92 Å². The van der Waals surface area contributed by atoms with Gasteiger partial charge in [0.2, 0.25) is 0 Å². The van der Waals surface area contributed by atoms with Crippen molar-refractivity contribution in [3.05, 3.63) is 70.8 Å². The van der Waals surface area contributed by atoms with Crippen molar-refractivity contribution in [1.29, 1.82) is 0 Å². The normalized spacial score (nSPS) is 17.3. The first-order chi connectivity index (χ1) is 11.9. The molecule has 1 aliphatic rings. The average Bonchev–Trinajstić information content (AvgIpc) is 3.04. The summed E-state index contributed by atoms with van der Waals surface area (Å²) in [6, 6.07) is 13.5. The minimum absolute atomic E-state index is 0.0536. The van der Waals surface area contributed by atoms with Gasteiger partial charge in [-0.25, -0.2) is 0 Å². The third-order valence-corrected chi connectivity index (χ3v) is 4.18. The lowest BCUT2D eigenvalue weighted by Crippen LogP contribution is -2.84. The second-order valence-corrected chi connectivity index (χ2v) is 6.26. The van der Waals surface area contributed by atoms with Gasteiger partial charge in [-0.2, -0.15) is 13.2 Å². The zero-order valence-electron chi connectivity index (χ0n) is 13.9. The predicted octanol–water partition coefficient (Wildman–Crippen LogP) is 3.27. The molecule has 3 nitrogen and oxygen atoms in total. The van der Waals surface area contributed by atoms with Crippen LogP contribution in [0.15, 0.2) is 53.7 Å². The molecule has 0 fully saturated rings. The molecule has 2 aromatic rings. The van der Waals surface area contributed by atoms with Crippen LogP contribution in [0.4, 0.5) is 13.2 Å². The first-order valence-corrected chi connectivity index (χ1v) is 8.19. The number of nitrogens with zero attached hydrogens (tertiary/aromatic N) is 1. The van der Waals surface area contributed by atoms with Crippen molar-refractivity contribution in [2.24, 2.45) is 5.16 Å². The Morgan fingerprint density at radius 1 is 1.16 bits per heavy atom. The number of benzene rings is 2. The Morgan fingerprint density at radius 2 is 1.92 bits per heavy atom. The Hall–Kier alpha value is -2.34. The molecule has 1 aliphatic heterocycles. The van der Waals surface area contributed by atoms with Gasteiger partial charge in [0.15, 0.2) is 6.10 Å². The number of hydrogen-bond acceptors (Lipinski definition) is 2. The summed E-state index contributed by atoms with van der Waals surface area (Å²) < 4.78 is 38.2. The van der Waals surface area contributed by atoms with E-state index in [9.17, 15) is 13.2 Å². The van der Waals surface area contributed by atoms with Gasteiger partial charge in [0.05, 0.1) is 11.3 Å². The van der Waals surface area contributed by atoms with E-state index >= 15 is 0 Å². The minimum atomic E-state index is -4.30. The van der Waals surface area contributed by atoms with Gasteiger partial charge >= 0.3 is 6.18 Å². The van der Waals surface area contributed by atoms with Crippen molar-refractivity contribution in [3.63, 3.8) is 0 Å². The minimum Gasteiger partial charge on any atom is -0.386 e. The van der Waals surface area contributed by atoms with Crippen LogP contribution >= 0.6 is 0 Å². The molecule has 3 rings (SSSR count). The molecule has 1 heterocycles. The van der Waals surface area contributed by atoms with Crippen LogP contribution in [0.5, 0.6) is 0 Å². The Morgan fingerprint density at radius 3 is 2.64 bits per heavy atom. The molecule has 1 atom stereocenters. The zero-order chi connectivity index (χ0) is 17.9. The molecule has 0 saturated carbocycles. The van der Waals surface area contributed by atoms with Gasteiger partial charge in [-0.15, -0.1) is 0 Å². The van der Waals surface area contributed by atoms with Crippen molar-refractivity contribution >= 4 is 5.71 Å². The van der Waals surface area contributed by atoms with Crippen LogP contribution < -0.4 is 5.32 Å². The van der Waals surface area contributed by atoms with Crippen molar-refractivity contribution in [2.45, 2.75) is 32.2 Å². The number of aryl methyl sites for hydroxylation is 1. The van der Waals surface area contributed by atoms with E-state index in [-0.39, 0.29) is 6.10 Å². The Kier molecular flexibility index (Phi) is 5.08. The van der Waals surface area contributed by atoms with Gasteiger partial charge in [0.1, 0.15) is 13.1 Å². The number of oxime groups is 1. The first kappa shape index (κ1) is 17.5. The average molecular weight is 349 g/mol. The molecule has 25 heavy (non-hydrogen) atoms. The van der Waals surface area contributed by atoms with Crippen molar-refractivity contribution in [2.75, 3.05) is 6.54 Å². The second kappa shape index (κ2) is 7.27. The quantitative estimate of drug-likeness (QED) is 0.884. The lowest BCUT2D eigenvalue weighted by atomic mass is 10.0. The van der Waals surface area contributed by atoms with Crippen LogP contribution in [0.25, 0.3) is 0 Å². The molecule has 0 aromatic heterocycles. The number of halogens is 3. The monoisotopic (exact) mass is 349 g/mol. The van der Waals surface area contributed by atoms with Crippen LogP contribution in [0.3, 0.4) is 0 Å². The highest BCUT2D eigenvalue weighted by atomic mass is 19.4. The van der Waals surface area contributed by atoms with Gasteiger partial charge in [0, 0.05) is 12.0 Å². The molecule has 2 aromatic carbocycles. The van der Waals surface area contributed by atoms with Gasteiger partial charge in [-0.05, 0) is 24.6 Å². The highest BCUT2D eigenvalue weighted by Crippen LogP contribution is 2.29. The van der Waals surface area contributed by atoms with Crippen molar-refractivity contribution in [1.82, 2.24) is 0 Å². The smallest absolute Gasteiger partial charge is 0.386 e. The molecule has 0 radical (unpaired) electrons. The lowest BCUT2D eigenvalue weighted by Gasteiger charge is -2.09. The van der Waals surface area contributed by atoms with Crippen molar-refractivity contribution in [3.8, 4) is 0 Å². The van der Waals surface area contributed by atoms with E-state index in [2.05, 4.69) is 5.16 Å². The second-order valence-electron chi connectivity index (χ2n) is 6.26. The van der Waals surface area contributed by atoms with Gasteiger partial charge in [0.25, 0.3) is 0 Å². The molecule has 0 amide bonds. The standard InChI is InChI=1S/C19H19F3N2O/c1-13-5-7-15(8-6-13)18-10-17(25-24-18)12-23-11-14-3-2-4-16(9-14)19(20,21)22/h2-9,17,23H,10-12H2,1H3/p+1/t17-/m1/s1.